The second-order valence-electron chi connectivity index (χ2n) is 5.60. The molecular formula is C19H19NO6. The number of amides is 1. The average molecular weight is 357 g/mol. The normalized spacial score (nSPS) is 11.4. The van der Waals surface area contributed by atoms with E-state index < -0.39 is 17.1 Å². The summed E-state index contributed by atoms with van der Waals surface area (Å²) in [4.78, 5) is 24.1. The summed E-state index contributed by atoms with van der Waals surface area (Å²) in [7, 11) is 1.39. The van der Waals surface area contributed by atoms with E-state index in [1.165, 1.54) is 19.2 Å². The van der Waals surface area contributed by atoms with E-state index in [9.17, 15) is 19.8 Å². The highest BCUT2D eigenvalue weighted by molar-refractivity contribution is 5.78. The van der Waals surface area contributed by atoms with Gasteiger partial charge in [0.2, 0.25) is 17.1 Å². The fraction of sp³-hybridized carbons (Fsp3) is 0.263. The molecule has 1 aromatic carbocycles. The summed E-state index contributed by atoms with van der Waals surface area (Å²) in [5.41, 5.74) is -0.0944. The number of rotatable bonds is 6. The smallest absolute Gasteiger partial charge is 0.227 e. The first-order chi connectivity index (χ1) is 12.4. The molecular weight excluding hydrogens is 338 g/mol. The standard InChI is InChI=1S/C19H19NO6/c1-4-7-20-17(23)10-13(12-5-6-14(21)16(9-12)25-3)19-18(24)15(22)8-11(2)26-19/h1,5-6,8-9,13,21,24H,7,10H2,2-3H3,(H,20,23)/t13-/m0/s1. The lowest BCUT2D eigenvalue weighted by Crippen LogP contribution is -2.26. The molecule has 1 aromatic heterocycles. The van der Waals surface area contributed by atoms with Crippen molar-refractivity contribution in [3.8, 4) is 29.6 Å². The molecule has 0 aliphatic rings. The van der Waals surface area contributed by atoms with E-state index in [0.29, 0.717) is 11.3 Å². The van der Waals surface area contributed by atoms with Gasteiger partial charge in [-0.25, -0.2) is 0 Å². The first-order valence-electron chi connectivity index (χ1n) is 7.78. The summed E-state index contributed by atoms with van der Waals surface area (Å²) in [6.45, 7) is 1.62. The first kappa shape index (κ1) is 18.9. The van der Waals surface area contributed by atoms with Crippen molar-refractivity contribution in [1.29, 1.82) is 0 Å². The molecule has 0 spiro atoms. The molecule has 2 rings (SSSR count). The third kappa shape index (κ3) is 4.16. The van der Waals surface area contributed by atoms with Crippen LogP contribution in [-0.4, -0.2) is 29.8 Å². The highest BCUT2D eigenvalue weighted by atomic mass is 16.5. The summed E-state index contributed by atoms with van der Waals surface area (Å²) in [6, 6.07) is 5.62. The predicted octanol–water partition coefficient (Wildman–Crippen LogP) is 1.64. The number of methoxy groups -OCH3 is 1. The summed E-state index contributed by atoms with van der Waals surface area (Å²) < 4.78 is 10.6. The lowest BCUT2D eigenvalue weighted by molar-refractivity contribution is -0.121. The van der Waals surface area contributed by atoms with Crippen LogP contribution in [0.5, 0.6) is 17.2 Å². The van der Waals surface area contributed by atoms with Gasteiger partial charge in [-0.3, -0.25) is 9.59 Å². The average Bonchev–Trinajstić information content (AvgIpc) is 2.61. The maximum absolute atomic E-state index is 12.2. The Kier molecular flexibility index (Phi) is 5.91. The van der Waals surface area contributed by atoms with Gasteiger partial charge in [0.1, 0.15) is 5.76 Å². The van der Waals surface area contributed by atoms with Crippen LogP contribution in [0.2, 0.25) is 0 Å². The van der Waals surface area contributed by atoms with Crippen LogP contribution in [0.15, 0.2) is 33.5 Å². The van der Waals surface area contributed by atoms with Gasteiger partial charge in [0.25, 0.3) is 0 Å². The van der Waals surface area contributed by atoms with Gasteiger partial charge < -0.3 is 24.7 Å². The van der Waals surface area contributed by atoms with Crippen molar-refractivity contribution in [1.82, 2.24) is 5.32 Å². The number of carbonyl (C=O) groups is 1. The number of nitrogens with one attached hydrogen (secondary N) is 1. The summed E-state index contributed by atoms with van der Waals surface area (Å²) >= 11 is 0. The molecule has 1 amide bonds. The maximum atomic E-state index is 12.2. The number of aryl methyl sites for hydroxylation is 1. The molecule has 1 heterocycles. The van der Waals surface area contributed by atoms with E-state index >= 15 is 0 Å². The van der Waals surface area contributed by atoms with E-state index in [4.69, 9.17) is 15.6 Å². The van der Waals surface area contributed by atoms with Crippen LogP contribution in [0.25, 0.3) is 0 Å². The summed E-state index contributed by atoms with van der Waals surface area (Å²) in [5, 5.41) is 22.5. The molecule has 0 bridgehead atoms. The zero-order valence-electron chi connectivity index (χ0n) is 14.4. The van der Waals surface area contributed by atoms with Gasteiger partial charge in [0.05, 0.1) is 19.6 Å². The summed E-state index contributed by atoms with van der Waals surface area (Å²) in [6.07, 6.45) is 5.01. The topological polar surface area (TPSA) is 109 Å². The molecule has 3 N–H and O–H groups in total. The molecule has 0 fully saturated rings. The minimum Gasteiger partial charge on any atom is -0.504 e. The highest BCUT2D eigenvalue weighted by Gasteiger charge is 2.26. The Balaban J connectivity index is 2.55. The second kappa shape index (κ2) is 8.12. The Hall–Kier alpha value is -3.40. The SMILES string of the molecule is C#CCNC(=O)C[C@@H](c1ccc(O)c(OC)c1)c1oc(C)cc(=O)c1O. The lowest BCUT2D eigenvalue weighted by atomic mass is 9.91. The van der Waals surface area contributed by atoms with Crippen molar-refractivity contribution in [2.24, 2.45) is 0 Å². The Labute approximate surface area is 150 Å². The molecule has 0 saturated carbocycles. The lowest BCUT2D eigenvalue weighted by Gasteiger charge is -2.18. The molecule has 1 atom stereocenters. The zero-order chi connectivity index (χ0) is 19.3. The van der Waals surface area contributed by atoms with Crippen molar-refractivity contribution >= 4 is 5.91 Å². The van der Waals surface area contributed by atoms with E-state index in [2.05, 4.69) is 11.2 Å². The number of ether oxygens (including phenoxy) is 1. The molecule has 0 aliphatic heterocycles. The van der Waals surface area contributed by atoms with Crippen molar-refractivity contribution in [2.75, 3.05) is 13.7 Å². The molecule has 0 radical (unpaired) electrons. The maximum Gasteiger partial charge on any atom is 0.227 e. The van der Waals surface area contributed by atoms with Gasteiger partial charge in [0, 0.05) is 12.5 Å². The molecule has 2 aromatic rings. The van der Waals surface area contributed by atoms with Crippen LogP contribution < -0.4 is 15.5 Å². The number of phenols is 1. The van der Waals surface area contributed by atoms with E-state index in [-0.39, 0.29) is 36.1 Å². The Bertz CT molecular complexity index is 909. The highest BCUT2D eigenvalue weighted by Crippen LogP contribution is 2.37. The monoisotopic (exact) mass is 357 g/mol. The van der Waals surface area contributed by atoms with Gasteiger partial charge in [-0.05, 0) is 24.6 Å². The third-order valence-electron chi connectivity index (χ3n) is 3.77. The van der Waals surface area contributed by atoms with Gasteiger partial charge in [-0.1, -0.05) is 12.0 Å². The Morgan fingerprint density at radius 3 is 2.77 bits per heavy atom. The number of aromatic hydroxyl groups is 2. The molecule has 0 unspecified atom stereocenters. The first-order valence-corrected chi connectivity index (χ1v) is 7.78. The van der Waals surface area contributed by atoms with Gasteiger partial charge in [-0.2, -0.15) is 0 Å². The number of carbonyl (C=O) groups excluding carboxylic acids is 1. The largest absolute Gasteiger partial charge is 0.504 e. The van der Waals surface area contributed by atoms with E-state index in [1.807, 2.05) is 0 Å². The number of terminal acetylenes is 1. The van der Waals surface area contributed by atoms with Gasteiger partial charge in [0.15, 0.2) is 17.3 Å². The van der Waals surface area contributed by atoms with Crippen LogP contribution >= 0.6 is 0 Å². The fourth-order valence-electron chi connectivity index (χ4n) is 2.54. The molecule has 0 aliphatic carbocycles. The van der Waals surface area contributed by atoms with Crippen LogP contribution in [0.3, 0.4) is 0 Å². The minimum atomic E-state index is -0.783. The number of hydrogen-bond acceptors (Lipinski definition) is 6. The third-order valence-corrected chi connectivity index (χ3v) is 3.77. The Morgan fingerprint density at radius 2 is 2.12 bits per heavy atom. The van der Waals surface area contributed by atoms with Crippen molar-refractivity contribution in [2.45, 2.75) is 19.3 Å². The number of phenolic OH excluding ortho intramolecular Hbond substituents is 1. The molecule has 7 heteroatoms. The Morgan fingerprint density at radius 1 is 1.38 bits per heavy atom. The van der Waals surface area contributed by atoms with Crippen molar-refractivity contribution in [3.63, 3.8) is 0 Å². The van der Waals surface area contributed by atoms with E-state index in [0.717, 1.165) is 6.07 Å². The van der Waals surface area contributed by atoms with Crippen LogP contribution in [-0.2, 0) is 4.79 Å². The van der Waals surface area contributed by atoms with E-state index in [1.54, 1.807) is 13.0 Å². The minimum absolute atomic E-state index is 0.0430. The quantitative estimate of drug-likeness (QED) is 0.678. The molecule has 0 saturated heterocycles. The van der Waals surface area contributed by atoms with Crippen LogP contribution in [0.1, 0.15) is 29.4 Å². The van der Waals surface area contributed by atoms with Crippen molar-refractivity contribution < 1.29 is 24.2 Å². The summed E-state index contributed by atoms with van der Waals surface area (Å²) in [5.74, 6) is 0.914. The predicted molar refractivity (Wildman–Crippen MR) is 94.3 cm³/mol. The van der Waals surface area contributed by atoms with Crippen LogP contribution in [0, 0.1) is 19.3 Å². The van der Waals surface area contributed by atoms with Crippen molar-refractivity contribution in [3.05, 3.63) is 51.6 Å². The van der Waals surface area contributed by atoms with Crippen LogP contribution in [0.4, 0.5) is 0 Å². The molecule has 7 nitrogen and oxygen atoms in total. The van der Waals surface area contributed by atoms with Gasteiger partial charge >= 0.3 is 0 Å². The second-order valence-corrected chi connectivity index (χ2v) is 5.60. The number of benzene rings is 1. The van der Waals surface area contributed by atoms with Gasteiger partial charge in [-0.15, -0.1) is 6.42 Å². The zero-order valence-corrected chi connectivity index (χ0v) is 14.4. The molecule has 26 heavy (non-hydrogen) atoms. The molecule has 136 valence electrons. The number of hydrogen-bond donors (Lipinski definition) is 3. The fourth-order valence-corrected chi connectivity index (χ4v) is 2.54.